The third kappa shape index (κ3) is 4.40. The van der Waals surface area contributed by atoms with Crippen LogP contribution >= 0.6 is 0 Å². The lowest BCUT2D eigenvalue weighted by molar-refractivity contribution is -0.384. The molecule has 120 valence electrons. The molecule has 2 N–H and O–H groups in total. The van der Waals surface area contributed by atoms with E-state index >= 15 is 0 Å². The van der Waals surface area contributed by atoms with E-state index in [2.05, 4.69) is 10.6 Å². The van der Waals surface area contributed by atoms with Gasteiger partial charge in [0, 0.05) is 12.6 Å². The lowest BCUT2D eigenvalue weighted by atomic mass is 10.2. The van der Waals surface area contributed by atoms with E-state index in [0.717, 1.165) is 0 Å². The van der Waals surface area contributed by atoms with Crippen molar-refractivity contribution < 1.29 is 18.8 Å². The van der Waals surface area contributed by atoms with E-state index in [0.29, 0.717) is 5.56 Å². The third-order valence-corrected chi connectivity index (χ3v) is 2.99. The Balaban J connectivity index is 2.01. The number of halogens is 1. The number of amides is 2. The average Bonchev–Trinajstić information content (AvgIpc) is 2.53. The zero-order chi connectivity index (χ0) is 16.8. The molecule has 0 radical (unpaired) electrons. The number of urea groups is 1. The molecule has 2 aromatic rings. The molecule has 8 heteroatoms. The summed E-state index contributed by atoms with van der Waals surface area (Å²) in [4.78, 5) is 22.0. The normalized spacial score (nSPS) is 10.0. The van der Waals surface area contributed by atoms with E-state index in [9.17, 15) is 19.3 Å². The SMILES string of the molecule is COc1cc([N+](=O)[O-])ccc1NC(=O)NCc1cccc(F)c1. The molecule has 0 fully saturated rings. The topological polar surface area (TPSA) is 93.5 Å². The molecule has 0 saturated heterocycles. The summed E-state index contributed by atoms with van der Waals surface area (Å²) in [5.41, 5.74) is 0.748. The van der Waals surface area contributed by atoms with Crippen molar-refractivity contribution in [1.82, 2.24) is 5.32 Å². The molecule has 0 unspecified atom stereocenters. The smallest absolute Gasteiger partial charge is 0.319 e. The van der Waals surface area contributed by atoms with Crippen molar-refractivity contribution >= 4 is 17.4 Å². The predicted molar refractivity (Wildman–Crippen MR) is 81.9 cm³/mol. The number of non-ortho nitro benzene ring substituents is 1. The molecule has 0 aliphatic rings. The number of hydrogen-bond donors (Lipinski definition) is 2. The number of rotatable bonds is 5. The van der Waals surface area contributed by atoms with Gasteiger partial charge in [-0.05, 0) is 23.8 Å². The molecule has 2 amide bonds. The van der Waals surface area contributed by atoms with Gasteiger partial charge in [-0.2, -0.15) is 0 Å². The number of nitrogens with zero attached hydrogens (tertiary/aromatic N) is 1. The van der Waals surface area contributed by atoms with Gasteiger partial charge in [0.1, 0.15) is 11.6 Å². The van der Waals surface area contributed by atoms with Gasteiger partial charge in [0.15, 0.2) is 0 Å². The van der Waals surface area contributed by atoms with Crippen LogP contribution in [-0.2, 0) is 6.54 Å². The number of nitro groups is 1. The number of carbonyl (C=O) groups is 1. The maximum atomic E-state index is 13.0. The van der Waals surface area contributed by atoms with Crippen molar-refractivity contribution in [3.63, 3.8) is 0 Å². The molecule has 0 aliphatic heterocycles. The van der Waals surface area contributed by atoms with E-state index in [1.807, 2.05) is 0 Å². The second kappa shape index (κ2) is 7.21. The first kappa shape index (κ1) is 16.2. The molecule has 23 heavy (non-hydrogen) atoms. The zero-order valence-electron chi connectivity index (χ0n) is 12.2. The highest BCUT2D eigenvalue weighted by molar-refractivity contribution is 5.91. The van der Waals surface area contributed by atoms with Gasteiger partial charge in [0.05, 0.1) is 23.8 Å². The first-order chi connectivity index (χ1) is 11.0. The van der Waals surface area contributed by atoms with Crippen LogP contribution in [0.4, 0.5) is 20.6 Å². The summed E-state index contributed by atoms with van der Waals surface area (Å²) in [6.45, 7) is 0.138. The van der Waals surface area contributed by atoms with E-state index in [4.69, 9.17) is 4.74 Å². The maximum absolute atomic E-state index is 13.0. The average molecular weight is 319 g/mol. The highest BCUT2D eigenvalue weighted by Gasteiger charge is 2.13. The number of methoxy groups -OCH3 is 1. The molecule has 0 bridgehead atoms. The Morgan fingerprint density at radius 1 is 1.30 bits per heavy atom. The lowest BCUT2D eigenvalue weighted by Crippen LogP contribution is -2.28. The number of nitro benzene ring substituents is 1. The highest BCUT2D eigenvalue weighted by atomic mass is 19.1. The Kier molecular flexibility index (Phi) is 5.08. The first-order valence-electron chi connectivity index (χ1n) is 6.61. The van der Waals surface area contributed by atoms with Gasteiger partial charge in [0.2, 0.25) is 0 Å². The van der Waals surface area contributed by atoms with Crippen molar-refractivity contribution in [3.05, 3.63) is 64.0 Å². The quantitative estimate of drug-likeness (QED) is 0.654. The van der Waals surface area contributed by atoms with Crippen LogP contribution in [0.25, 0.3) is 0 Å². The number of carbonyl (C=O) groups excluding carboxylic acids is 1. The fourth-order valence-electron chi connectivity index (χ4n) is 1.89. The summed E-state index contributed by atoms with van der Waals surface area (Å²) in [6, 6.07) is 9.14. The van der Waals surface area contributed by atoms with Crippen LogP contribution in [0.3, 0.4) is 0 Å². The first-order valence-corrected chi connectivity index (χ1v) is 6.61. The van der Waals surface area contributed by atoms with Gasteiger partial charge < -0.3 is 15.4 Å². The molecule has 2 aromatic carbocycles. The van der Waals surface area contributed by atoms with Crippen LogP contribution in [-0.4, -0.2) is 18.1 Å². The van der Waals surface area contributed by atoms with Crippen molar-refractivity contribution in [2.75, 3.05) is 12.4 Å². The molecular weight excluding hydrogens is 305 g/mol. The Hall–Kier alpha value is -3.16. The largest absolute Gasteiger partial charge is 0.494 e. The van der Waals surface area contributed by atoms with Crippen molar-refractivity contribution in [1.29, 1.82) is 0 Å². The van der Waals surface area contributed by atoms with Crippen LogP contribution in [0.2, 0.25) is 0 Å². The van der Waals surface area contributed by atoms with Gasteiger partial charge in [-0.3, -0.25) is 10.1 Å². The van der Waals surface area contributed by atoms with Gasteiger partial charge in [-0.25, -0.2) is 9.18 Å². The summed E-state index contributed by atoms with van der Waals surface area (Å²) >= 11 is 0. The number of benzene rings is 2. The molecule has 0 spiro atoms. The van der Waals surface area contributed by atoms with Gasteiger partial charge in [0.25, 0.3) is 5.69 Å². The Morgan fingerprint density at radius 2 is 2.09 bits per heavy atom. The van der Waals surface area contributed by atoms with Crippen LogP contribution < -0.4 is 15.4 Å². The van der Waals surface area contributed by atoms with Crippen LogP contribution in [0.15, 0.2) is 42.5 Å². The molecule has 0 saturated carbocycles. The zero-order valence-corrected chi connectivity index (χ0v) is 12.2. The Bertz CT molecular complexity index is 736. The second-order valence-electron chi connectivity index (χ2n) is 4.58. The van der Waals surface area contributed by atoms with Crippen LogP contribution in [0.1, 0.15) is 5.56 Å². The summed E-state index contributed by atoms with van der Waals surface area (Å²) in [5.74, 6) is -0.221. The fourth-order valence-corrected chi connectivity index (χ4v) is 1.89. The molecular formula is C15H14FN3O4. The summed E-state index contributed by atoms with van der Waals surface area (Å²) in [6.07, 6.45) is 0. The standard InChI is InChI=1S/C15H14FN3O4/c1-23-14-8-12(19(21)22)5-6-13(14)18-15(20)17-9-10-3-2-4-11(16)7-10/h2-8H,9H2,1H3,(H2,17,18,20). The second-order valence-corrected chi connectivity index (χ2v) is 4.58. The summed E-state index contributed by atoms with van der Waals surface area (Å²) in [5, 5.41) is 15.8. The molecule has 2 rings (SSSR count). The van der Waals surface area contributed by atoms with E-state index in [1.165, 1.54) is 37.4 Å². The summed E-state index contributed by atoms with van der Waals surface area (Å²) < 4.78 is 18.1. The molecule has 0 heterocycles. The van der Waals surface area contributed by atoms with E-state index in [-0.39, 0.29) is 29.5 Å². The maximum Gasteiger partial charge on any atom is 0.319 e. The lowest BCUT2D eigenvalue weighted by Gasteiger charge is -2.11. The predicted octanol–water partition coefficient (Wildman–Crippen LogP) is 3.06. The molecule has 0 atom stereocenters. The number of ether oxygens (including phenoxy) is 1. The van der Waals surface area contributed by atoms with Crippen LogP contribution in [0, 0.1) is 15.9 Å². The molecule has 7 nitrogen and oxygen atoms in total. The number of nitrogens with one attached hydrogen (secondary N) is 2. The summed E-state index contributed by atoms with van der Waals surface area (Å²) in [7, 11) is 1.34. The minimum absolute atomic E-state index is 0.138. The highest BCUT2D eigenvalue weighted by Crippen LogP contribution is 2.28. The fraction of sp³-hybridized carbons (Fsp3) is 0.133. The van der Waals surface area contributed by atoms with Crippen LogP contribution in [0.5, 0.6) is 5.75 Å². The minimum Gasteiger partial charge on any atom is -0.494 e. The Morgan fingerprint density at radius 3 is 2.74 bits per heavy atom. The number of hydrogen-bond acceptors (Lipinski definition) is 4. The van der Waals surface area contributed by atoms with Gasteiger partial charge in [-0.1, -0.05) is 12.1 Å². The van der Waals surface area contributed by atoms with Gasteiger partial charge >= 0.3 is 6.03 Å². The van der Waals surface area contributed by atoms with E-state index < -0.39 is 11.0 Å². The van der Waals surface area contributed by atoms with Gasteiger partial charge in [-0.15, -0.1) is 0 Å². The van der Waals surface area contributed by atoms with E-state index in [1.54, 1.807) is 12.1 Å². The molecule has 0 aliphatic carbocycles. The van der Waals surface area contributed by atoms with Crippen molar-refractivity contribution in [2.24, 2.45) is 0 Å². The molecule has 0 aromatic heterocycles. The third-order valence-electron chi connectivity index (χ3n) is 2.99. The number of anilines is 1. The van der Waals surface area contributed by atoms with Crippen molar-refractivity contribution in [3.8, 4) is 5.75 Å². The monoisotopic (exact) mass is 319 g/mol. The Labute approximate surface area is 131 Å². The van der Waals surface area contributed by atoms with Crippen molar-refractivity contribution in [2.45, 2.75) is 6.54 Å². The minimum atomic E-state index is -0.559.